The van der Waals surface area contributed by atoms with Crippen LogP contribution in [0.25, 0.3) is 0 Å². The molecule has 0 radical (unpaired) electrons. The number of hydrogen-bond acceptors (Lipinski definition) is 5. The van der Waals surface area contributed by atoms with E-state index in [-0.39, 0.29) is 22.6 Å². The molecule has 4 rings (SSSR count). The molecule has 6 nitrogen and oxygen atoms in total. The fourth-order valence-electron chi connectivity index (χ4n) is 6.97. The Labute approximate surface area is 239 Å². The lowest BCUT2D eigenvalue weighted by atomic mass is 9.87. The van der Waals surface area contributed by atoms with Crippen molar-refractivity contribution < 1.29 is 22.7 Å². The molecule has 2 aromatic rings. The number of carboxylic acid groups (broad SMARTS) is 1. The third-order valence-corrected chi connectivity index (χ3v) is 11.0. The topological polar surface area (TPSA) is 77.9 Å². The molecule has 0 unspecified atom stereocenters. The minimum atomic E-state index is -3.41. The number of rotatable bonds is 11. The lowest BCUT2D eigenvalue weighted by molar-refractivity contribution is -0.145. The Morgan fingerprint density at radius 3 is 2.38 bits per heavy atom. The van der Waals surface area contributed by atoms with Crippen LogP contribution in [0.5, 0.6) is 0 Å². The van der Waals surface area contributed by atoms with E-state index in [1.54, 1.807) is 0 Å². The van der Waals surface area contributed by atoms with E-state index in [0.717, 1.165) is 45.3 Å². The average Bonchev–Trinajstić information content (AvgIpc) is 3.32. The largest absolute Gasteiger partial charge is 0.480 e. The first-order chi connectivity index (χ1) is 18.9. The summed E-state index contributed by atoms with van der Waals surface area (Å²) >= 11 is 0. The zero-order valence-electron chi connectivity index (χ0n) is 24.3. The van der Waals surface area contributed by atoms with Gasteiger partial charge in [0, 0.05) is 12.6 Å². The zero-order valence-corrected chi connectivity index (χ0v) is 25.1. The molecule has 0 amide bonds. The van der Waals surface area contributed by atoms with Crippen LogP contribution in [0.1, 0.15) is 63.0 Å². The summed E-state index contributed by atoms with van der Waals surface area (Å²) in [6, 6.07) is 13.6. The van der Waals surface area contributed by atoms with Crippen LogP contribution >= 0.6 is 0 Å². The summed E-state index contributed by atoms with van der Waals surface area (Å²) < 4.78 is 38.6. The maximum atomic E-state index is 13.2. The molecule has 1 saturated carbocycles. The molecule has 1 aliphatic heterocycles. The van der Waals surface area contributed by atoms with Crippen molar-refractivity contribution in [3.63, 3.8) is 0 Å². The SMILES string of the molecule is Cc1cccc([C@H]2C[C@@H](N(C)[C@@H](C(=O)O)C(C)C)C[C@@H]2CN2CCC(CCS(=O)(=O)c3ccc(F)cc3)CC2)c1. The van der Waals surface area contributed by atoms with Crippen LogP contribution in [-0.2, 0) is 14.6 Å². The third kappa shape index (κ3) is 7.51. The number of piperidine rings is 1. The molecule has 8 heteroatoms. The molecule has 0 bridgehead atoms. The van der Waals surface area contributed by atoms with Gasteiger partial charge in [-0.3, -0.25) is 9.69 Å². The Bertz CT molecular complexity index is 1240. The fourth-order valence-corrected chi connectivity index (χ4v) is 8.40. The monoisotopic (exact) mass is 572 g/mol. The van der Waals surface area contributed by atoms with E-state index in [1.807, 2.05) is 20.9 Å². The highest BCUT2D eigenvalue weighted by atomic mass is 32.2. The van der Waals surface area contributed by atoms with Gasteiger partial charge in [-0.15, -0.1) is 0 Å². The molecule has 1 saturated heterocycles. The van der Waals surface area contributed by atoms with Gasteiger partial charge in [0.15, 0.2) is 9.84 Å². The normalized spacial score (nSPS) is 23.6. The van der Waals surface area contributed by atoms with Crippen LogP contribution in [0.3, 0.4) is 0 Å². The van der Waals surface area contributed by atoms with Crippen LogP contribution < -0.4 is 0 Å². The summed E-state index contributed by atoms with van der Waals surface area (Å²) in [5.74, 6) is 0.123. The Hall–Kier alpha value is -2.29. The van der Waals surface area contributed by atoms with E-state index >= 15 is 0 Å². The number of carbonyl (C=O) groups is 1. The number of halogens is 1. The van der Waals surface area contributed by atoms with Crippen molar-refractivity contribution >= 4 is 15.8 Å². The highest BCUT2D eigenvalue weighted by Gasteiger charge is 2.41. The number of benzene rings is 2. The molecule has 220 valence electrons. The van der Waals surface area contributed by atoms with Gasteiger partial charge in [-0.05, 0) is 113 Å². The smallest absolute Gasteiger partial charge is 0.321 e. The number of aryl methyl sites for hydroxylation is 1. The van der Waals surface area contributed by atoms with Crippen LogP contribution in [0, 0.1) is 30.5 Å². The predicted octanol–water partition coefficient (Wildman–Crippen LogP) is 5.61. The first-order valence-corrected chi connectivity index (χ1v) is 16.3. The molecule has 1 aliphatic carbocycles. The molecule has 2 aliphatic rings. The van der Waals surface area contributed by atoms with Gasteiger partial charge >= 0.3 is 5.97 Å². The summed E-state index contributed by atoms with van der Waals surface area (Å²) in [7, 11) is -1.43. The number of nitrogens with zero attached hydrogens (tertiary/aromatic N) is 2. The molecule has 0 spiro atoms. The number of hydrogen-bond donors (Lipinski definition) is 1. The Balaban J connectivity index is 1.37. The Kier molecular flexibility index (Phi) is 10.1. The second kappa shape index (κ2) is 13.1. The first-order valence-electron chi connectivity index (χ1n) is 14.7. The zero-order chi connectivity index (χ0) is 29.0. The molecule has 40 heavy (non-hydrogen) atoms. The molecule has 0 aromatic heterocycles. The van der Waals surface area contributed by atoms with Crippen LogP contribution in [-0.4, -0.2) is 73.8 Å². The van der Waals surface area contributed by atoms with Gasteiger partial charge in [0.2, 0.25) is 0 Å². The molecule has 1 N–H and O–H groups in total. The van der Waals surface area contributed by atoms with Gasteiger partial charge in [0.1, 0.15) is 11.9 Å². The van der Waals surface area contributed by atoms with E-state index in [2.05, 4.69) is 41.0 Å². The van der Waals surface area contributed by atoms with Crippen LogP contribution in [0.15, 0.2) is 53.4 Å². The van der Waals surface area contributed by atoms with Crippen molar-refractivity contribution in [1.29, 1.82) is 0 Å². The average molecular weight is 573 g/mol. The van der Waals surface area contributed by atoms with E-state index < -0.39 is 27.7 Å². The van der Waals surface area contributed by atoms with E-state index in [9.17, 15) is 22.7 Å². The van der Waals surface area contributed by atoms with Crippen molar-refractivity contribution in [2.45, 2.75) is 75.8 Å². The summed E-state index contributed by atoms with van der Waals surface area (Å²) in [5, 5.41) is 9.91. The molecule has 2 fully saturated rings. The minimum Gasteiger partial charge on any atom is -0.480 e. The predicted molar refractivity (Wildman–Crippen MR) is 157 cm³/mol. The van der Waals surface area contributed by atoms with Crippen molar-refractivity contribution in [1.82, 2.24) is 9.80 Å². The van der Waals surface area contributed by atoms with Crippen LogP contribution in [0.2, 0.25) is 0 Å². The first kappa shape index (κ1) is 30.7. The molecule has 4 atom stereocenters. The maximum Gasteiger partial charge on any atom is 0.321 e. The molecule has 1 heterocycles. The number of aliphatic carboxylic acids is 1. The third-order valence-electron chi connectivity index (χ3n) is 9.21. The summed E-state index contributed by atoms with van der Waals surface area (Å²) in [4.78, 5) is 16.9. The summed E-state index contributed by atoms with van der Waals surface area (Å²) in [6.07, 6.45) is 4.50. The van der Waals surface area contributed by atoms with Crippen molar-refractivity contribution in [2.24, 2.45) is 17.8 Å². The van der Waals surface area contributed by atoms with E-state index in [0.29, 0.717) is 24.2 Å². The highest BCUT2D eigenvalue weighted by molar-refractivity contribution is 7.91. The summed E-state index contributed by atoms with van der Waals surface area (Å²) in [6.45, 7) is 8.95. The van der Waals surface area contributed by atoms with Crippen molar-refractivity contribution in [3.8, 4) is 0 Å². The van der Waals surface area contributed by atoms with Gasteiger partial charge in [-0.1, -0.05) is 43.7 Å². The molecular formula is C32H45FN2O4S. The van der Waals surface area contributed by atoms with Crippen molar-refractivity contribution in [2.75, 3.05) is 32.4 Å². The van der Waals surface area contributed by atoms with Gasteiger partial charge in [0.25, 0.3) is 0 Å². The quantitative estimate of drug-likeness (QED) is 0.353. The van der Waals surface area contributed by atoms with Gasteiger partial charge in [-0.25, -0.2) is 12.8 Å². The van der Waals surface area contributed by atoms with E-state index in [4.69, 9.17) is 0 Å². The Morgan fingerprint density at radius 2 is 1.77 bits per heavy atom. The van der Waals surface area contributed by atoms with Crippen molar-refractivity contribution in [3.05, 3.63) is 65.5 Å². The van der Waals surface area contributed by atoms with Crippen LogP contribution in [0.4, 0.5) is 4.39 Å². The second-order valence-corrected chi connectivity index (χ2v) is 14.5. The van der Waals surface area contributed by atoms with Gasteiger partial charge < -0.3 is 10.0 Å². The fraction of sp³-hybridized carbons (Fsp3) is 0.594. The van der Waals surface area contributed by atoms with E-state index in [1.165, 1.54) is 35.4 Å². The number of likely N-dealkylation sites (tertiary alicyclic amines) is 1. The summed E-state index contributed by atoms with van der Waals surface area (Å²) in [5.41, 5.74) is 2.59. The maximum absolute atomic E-state index is 13.2. The van der Waals surface area contributed by atoms with Gasteiger partial charge in [0.05, 0.1) is 10.6 Å². The lowest BCUT2D eigenvalue weighted by Crippen LogP contribution is -2.47. The minimum absolute atomic E-state index is 0.0323. The number of sulfone groups is 1. The standard InChI is InChI=1S/C32H45FN2O4S/c1-22(2)31(32(36)37)34(4)28-19-26(30(20-28)25-7-5-6-23(3)18-25)21-35-15-12-24(13-16-35)14-17-40(38,39)29-10-8-27(33)9-11-29/h5-11,18,22,24,26,28,30-31H,12-17,19-21H2,1-4H3,(H,36,37)/t26-,28+,30-,31-/m1/s1. The number of likely N-dealkylation sites (N-methyl/N-ethyl adjacent to an activating group) is 1. The molecular weight excluding hydrogens is 527 g/mol. The Morgan fingerprint density at radius 1 is 1.10 bits per heavy atom. The lowest BCUT2D eigenvalue weighted by Gasteiger charge is -2.35. The molecule has 2 aromatic carbocycles. The number of carboxylic acids is 1. The highest BCUT2D eigenvalue weighted by Crippen LogP contribution is 2.43. The van der Waals surface area contributed by atoms with Gasteiger partial charge in [-0.2, -0.15) is 0 Å². The second-order valence-electron chi connectivity index (χ2n) is 12.4.